The Morgan fingerprint density at radius 1 is 1.47 bits per heavy atom. The van der Waals surface area contributed by atoms with Crippen molar-refractivity contribution >= 4 is 5.91 Å². The van der Waals surface area contributed by atoms with Gasteiger partial charge in [0.2, 0.25) is 5.91 Å². The van der Waals surface area contributed by atoms with E-state index in [0.717, 1.165) is 25.9 Å². The van der Waals surface area contributed by atoms with Gasteiger partial charge in [-0.1, -0.05) is 13.8 Å². The van der Waals surface area contributed by atoms with Crippen molar-refractivity contribution in [3.63, 3.8) is 0 Å². The van der Waals surface area contributed by atoms with E-state index in [1.807, 2.05) is 0 Å². The smallest absolute Gasteiger partial charge is 0.234 e. The molecule has 1 aliphatic rings. The van der Waals surface area contributed by atoms with Crippen LogP contribution >= 0.6 is 0 Å². The van der Waals surface area contributed by atoms with Crippen LogP contribution in [-0.2, 0) is 4.79 Å². The highest BCUT2D eigenvalue weighted by Gasteiger charge is 2.19. The lowest BCUT2D eigenvalue weighted by Crippen LogP contribution is -2.50. The summed E-state index contributed by atoms with van der Waals surface area (Å²) in [5.74, 6) is 0.133. The van der Waals surface area contributed by atoms with E-state index in [1.54, 1.807) is 0 Å². The van der Waals surface area contributed by atoms with Crippen LogP contribution in [0.4, 0.5) is 0 Å². The van der Waals surface area contributed by atoms with Gasteiger partial charge in [0.1, 0.15) is 0 Å². The molecule has 2 atom stereocenters. The van der Waals surface area contributed by atoms with Gasteiger partial charge in [-0.15, -0.1) is 0 Å². The standard InChI is InChI=1S/C13H27N3O/c1-4-11(3)14-9-13(17)15-12-7-6-8-16(5-2)10-12/h11-12,14H,4-10H2,1-3H3,(H,15,17). The van der Waals surface area contributed by atoms with Gasteiger partial charge < -0.3 is 15.5 Å². The molecule has 2 unspecified atom stereocenters. The van der Waals surface area contributed by atoms with Crippen molar-refractivity contribution in [1.29, 1.82) is 0 Å². The number of nitrogens with one attached hydrogen (secondary N) is 2. The summed E-state index contributed by atoms with van der Waals surface area (Å²) in [6.07, 6.45) is 3.36. The summed E-state index contributed by atoms with van der Waals surface area (Å²) < 4.78 is 0. The van der Waals surface area contributed by atoms with Crippen molar-refractivity contribution in [2.45, 2.75) is 52.1 Å². The van der Waals surface area contributed by atoms with Crippen LogP contribution in [0, 0.1) is 0 Å². The lowest BCUT2D eigenvalue weighted by atomic mass is 10.1. The molecule has 0 bridgehead atoms. The third-order valence-electron chi connectivity index (χ3n) is 3.54. The zero-order valence-corrected chi connectivity index (χ0v) is 11.5. The highest BCUT2D eigenvalue weighted by Crippen LogP contribution is 2.09. The van der Waals surface area contributed by atoms with Gasteiger partial charge in [-0.2, -0.15) is 0 Å². The third kappa shape index (κ3) is 5.50. The van der Waals surface area contributed by atoms with Gasteiger partial charge in [-0.25, -0.2) is 0 Å². The highest BCUT2D eigenvalue weighted by molar-refractivity contribution is 5.78. The first-order valence-corrected chi connectivity index (χ1v) is 6.90. The summed E-state index contributed by atoms with van der Waals surface area (Å²) in [5.41, 5.74) is 0. The van der Waals surface area contributed by atoms with E-state index in [0.29, 0.717) is 18.6 Å². The topological polar surface area (TPSA) is 44.4 Å². The molecule has 4 heteroatoms. The number of hydrogen-bond acceptors (Lipinski definition) is 3. The largest absolute Gasteiger partial charge is 0.351 e. The van der Waals surface area contributed by atoms with Crippen LogP contribution in [0.25, 0.3) is 0 Å². The maximum absolute atomic E-state index is 11.7. The molecule has 100 valence electrons. The second kappa shape index (κ2) is 7.67. The number of hydrogen-bond donors (Lipinski definition) is 2. The van der Waals surface area contributed by atoms with E-state index >= 15 is 0 Å². The summed E-state index contributed by atoms with van der Waals surface area (Å²) in [5, 5.41) is 6.34. The number of likely N-dealkylation sites (tertiary alicyclic amines) is 1. The minimum atomic E-state index is 0.133. The summed E-state index contributed by atoms with van der Waals surface area (Å²) in [6.45, 7) is 10.1. The fraction of sp³-hybridized carbons (Fsp3) is 0.923. The van der Waals surface area contributed by atoms with Crippen LogP contribution in [0.3, 0.4) is 0 Å². The maximum atomic E-state index is 11.7. The van der Waals surface area contributed by atoms with Crippen molar-refractivity contribution in [1.82, 2.24) is 15.5 Å². The number of nitrogens with zero attached hydrogens (tertiary/aromatic N) is 1. The predicted octanol–water partition coefficient (Wildman–Crippen LogP) is 0.975. The summed E-state index contributed by atoms with van der Waals surface area (Å²) in [6, 6.07) is 0.758. The number of piperidine rings is 1. The molecule has 0 aliphatic carbocycles. The molecule has 1 saturated heterocycles. The molecule has 17 heavy (non-hydrogen) atoms. The van der Waals surface area contributed by atoms with E-state index in [9.17, 15) is 4.79 Å². The number of carbonyl (C=O) groups is 1. The fourth-order valence-corrected chi connectivity index (χ4v) is 2.15. The first kappa shape index (κ1) is 14.5. The van der Waals surface area contributed by atoms with Crippen molar-refractivity contribution in [2.24, 2.45) is 0 Å². The molecule has 1 heterocycles. The predicted molar refractivity (Wildman–Crippen MR) is 71.0 cm³/mol. The van der Waals surface area contributed by atoms with Crippen molar-refractivity contribution in [2.75, 3.05) is 26.2 Å². The Morgan fingerprint density at radius 2 is 2.24 bits per heavy atom. The molecule has 0 spiro atoms. The summed E-state index contributed by atoms with van der Waals surface area (Å²) in [4.78, 5) is 14.1. The second-order valence-electron chi connectivity index (χ2n) is 4.99. The third-order valence-corrected chi connectivity index (χ3v) is 3.54. The summed E-state index contributed by atoms with van der Waals surface area (Å²) in [7, 11) is 0. The van der Waals surface area contributed by atoms with Gasteiger partial charge in [0.05, 0.1) is 6.54 Å². The average Bonchev–Trinajstić information content (AvgIpc) is 2.36. The second-order valence-corrected chi connectivity index (χ2v) is 4.99. The molecule has 4 nitrogen and oxygen atoms in total. The molecule has 0 saturated carbocycles. The molecule has 1 rings (SSSR count). The van der Waals surface area contributed by atoms with Gasteiger partial charge in [-0.05, 0) is 39.3 Å². The Morgan fingerprint density at radius 3 is 2.88 bits per heavy atom. The molecule has 0 radical (unpaired) electrons. The maximum Gasteiger partial charge on any atom is 0.234 e. The molecule has 2 N–H and O–H groups in total. The van der Waals surface area contributed by atoms with Crippen LogP contribution in [0.15, 0.2) is 0 Å². The van der Waals surface area contributed by atoms with Crippen molar-refractivity contribution in [3.8, 4) is 0 Å². The molecule has 1 amide bonds. The van der Waals surface area contributed by atoms with Crippen LogP contribution in [0.2, 0.25) is 0 Å². The van der Waals surface area contributed by atoms with E-state index in [-0.39, 0.29) is 5.91 Å². The van der Waals surface area contributed by atoms with Gasteiger partial charge >= 0.3 is 0 Å². The van der Waals surface area contributed by atoms with E-state index in [4.69, 9.17) is 0 Å². The zero-order valence-electron chi connectivity index (χ0n) is 11.5. The van der Waals surface area contributed by atoms with Crippen LogP contribution in [-0.4, -0.2) is 49.1 Å². The van der Waals surface area contributed by atoms with Crippen LogP contribution < -0.4 is 10.6 Å². The Hall–Kier alpha value is -0.610. The zero-order chi connectivity index (χ0) is 12.7. The summed E-state index contributed by atoms with van der Waals surface area (Å²) >= 11 is 0. The van der Waals surface area contributed by atoms with Gasteiger partial charge in [0.15, 0.2) is 0 Å². The molecule has 0 aromatic carbocycles. The number of rotatable bonds is 6. The molecule has 1 aliphatic heterocycles. The Kier molecular flexibility index (Phi) is 6.52. The number of amides is 1. The monoisotopic (exact) mass is 241 g/mol. The molecule has 1 fully saturated rings. The molecular formula is C13H27N3O. The average molecular weight is 241 g/mol. The van der Waals surface area contributed by atoms with Crippen LogP contribution in [0.1, 0.15) is 40.0 Å². The van der Waals surface area contributed by atoms with Gasteiger partial charge in [-0.3, -0.25) is 4.79 Å². The minimum Gasteiger partial charge on any atom is -0.351 e. The van der Waals surface area contributed by atoms with Crippen LogP contribution in [0.5, 0.6) is 0 Å². The number of likely N-dealkylation sites (N-methyl/N-ethyl adjacent to an activating group) is 1. The normalized spacial score (nSPS) is 23.4. The Balaban J connectivity index is 2.21. The van der Waals surface area contributed by atoms with Crippen molar-refractivity contribution in [3.05, 3.63) is 0 Å². The lowest BCUT2D eigenvalue weighted by molar-refractivity contribution is -0.121. The van der Waals surface area contributed by atoms with Gasteiger partial charge in [0.25, 0.3) is 0 Å². The van der Waals surface area contributed by atoms with E-state index in [1.165, 1.54) is 13.0 Å². The molecule has 0 aromatic rings. The SMILES string of the molecule is CCC(C)NCC(=O)NC1CCCN(CC)C1. The van der Waals surface area contributed by atoms with E-state index in [2.05, 4.69) is 36.3 Å². The molecular weight excluding hydrogens is 214 g/mol. The fourth-order valence-electron chi connectivity index (χ4n) is 2.15. The van der Waals surface area contributed by atoms with E-state index < -0.39 is 0 Å². The Bertz CT molecular complexity index is 233. The Labute approximate surface area is 105 Å². The number of carbonyl (C=O) groups excluding carboxylic acids is 1. The first-order chi connectivity index (χ1) is 8.15. The highest BCUT2D eigenvalue weighted by atomic mass is 16.2. The van der Waals surface area contributed by atoms with Gasteiger partial charge in [0, 0.05) is 18.6 Å². The first-order valence-electron chi connectivity index (χ1n) is 6.90. The minimum absolute atomic E-state index is 0.133. The van der Waals surface area contributed by atoms with Crippen molar-refractivity contribution < 1.29 is 4.79 Å². The molecule has 0 aromatic heterocycles. The lowest BCUT2D eigenvalue weighted by Gasteiger charge is -2.32. The quantitative estimate of drug-likeness (QED) is 0.728.